The van der Waals surface area contributed by atoms with Gasteiger partial charge in [0.15, 0.2) is 0 Å². The van der Waals surface area contributed by atoms with E-state index in [1.54, 1.807) is 39.3 Å². The number of urea groups is 1. The van der Waals surface area contributed by atoms with E-state index in [1.165, 1.54) is 12.2 Å². The van der Waals surface area contributed by atoms with Crippen molar-refractivity contribution in [2.24, 2.45) is 4.99 Å². The molecule has 0 radical (unpaired) electrons. The molecule has 0 spiro atoms. The SMILES string of the molecule is C=C=CC(=CC=NC)C=C1NC(=O)N(C(C)CC=C(F)CC)C1=O. The summed E-state index contributed by atoms with van der Waals surface area (Å²) in [6, 6.07) is -0.963. The largest absolute Gasteiger partial charge is 0.329 e. The monoisotopic (exact) mass is 331 g/mol. The van der Waals surface area contributed by atoms with Crippen molar-refractivity contribution in [1.29, 1.82) is 0 Å². The molecule has 1 aliphatic rings. The molecule has 0 aromatic rings. The summed E-state index contributed by atoms with van der Waals surface area (Å²) < 4.78 is 13.2. The Balaban J connectivity index is 3.00. The Morgan fingerprint density at radius 1 is 1.50 bits per heavy atom. The molecule has 6 heteroatoms. The number of hydrogen-bond acceptors (Lipinski definition) is 3. The molecule has 128 valence electrons. The van der Waals surface area contributed by atoms with Gasteiger partial charge in [-0.15, -0.1) is 5.73 Å². The fourth-order valence-electron chi connectivity index (χ4n) is 2.08. The molecule has 24 heavy (non-hydrogen) atoms. The third-order valence-corrected chi connectivity index (χ3v) is 3.36. The molecule has 0 aromatic heterocycles. The molecule has 3 amide bonds. The zero-order chi connectivity index (χ0) is 18.1. The Bertz CT molecular complexity index is 668. The molecule has 0 bridgehead atoms. The molecule has 5 nitrogen and oxygen atoms in total. The average Bonchev–Trinajstić information content (AvgIpc) is 2.84. The predicted octanol–water partition coefficient (Wildman–Crippen LogP) is 3.43. The van der Waals surface area contributed by atoms with Crippen LogP contribution in [0, 0.1) is 0 Å². The van der Waals surface area contributed by atoms with E-state index in [2.05, 4.69) is 22.6 Å². The number of amides is 3. The Kier molecular flexibility index (Phi) is 7.59. The third-order valence-electron chi connectivity index (χ3n) is 3.36. The van der Waals surface area contributed by atoms with Gasteiger partial charge < -0.3 is 5.32 Å². The number of imide groups is 1. The quantitative estimate of drug-likeness (QED) is 0.255. The molecule has 1 heterocycles. The lowest BCUT2D eigenvalue weighted by Gasteiger charge is -2.19. The van der Waals surface area contributed by atoms with Crippen LogP contribution >= 0.6 is 0 Å². The van der Waals surface area contributed by atoms with Gasteiger partial charge in [-0.3, -0.25) is 14.7 Å². The number of halogens is 1. The van der Waals surface area contributed by atoms with Crippen LogP contribution in [-0.2, 0) is 4.79 Å². The summed E-state index contributed by atoms with van der Waals surface area (Å²) in [7, 11) is 1.62. The zero-order valence-electron chi connectivity index (χ0n) is 14.2. The van der Waals surface area contributed by atoms with Crippen LogP contribution in [0.4, 0.5) is 9.18 Å². The molecule has 0 aliphatic carbocycles. The van der Waals surface area contributed by atoms with E-state index >= 15 is 0 Å². The fourth-order valence-corrected chi connectivity index (χ4v) is 2.08. The number of rotatable bonds is 7. The average molecular weight is 331 g/mol. The zero-order valence-corrected chi connectivity index (χ0v) is 14.2. The second-order valence-corrected chi connectivity index (χ2v) is 5.17. The molecule has 1 N–H and O–H groups in total. The summed E-state index contributed by atoms with van der Waals surface area (Å²) in [5, 5.41) is 2.53. The Hall–Kier alpha value is -2.72. The maximum atomic E-state index is 13.2. The van der Waals surface area contributed by atoms with Gasteiger partial charge in [0.1, 0.15) is 5.70 Å². The molecule has 1 unspecified atom stereocenters. The summed E-state index contributed by atoms with van der Waals surface area (Å²) in [6.07, 6.45) is 8.27. The van der Waals surface area contributed by atoms with E-state index in [-0.39, 0.29) is 17.9 Å². The highest BCUT2D eigenvalue weighted by Gasteiger charge is 2.36. The van der Waals surface area contributed by atoms with E-state index in [9.17, 15) is 14.0 Å². The minimum absolute atomic E-state index is 0.147. The minimum Gasteiger partial charge on any atom is -0.303 e. The molecule has 1 atom stereocenters. The molecule has 0 aromatic carbocycles. The number of carbonyl (C=O) groups excluding carboxylic acids is 2. The maximum absolute atomic E-state index is 13.2. The number of hydrogen-bond donors (Lipinski definition) is 1. The summed E-state index contributed by atoms with van der Waals surface area (Å²) in [5.74, 6) is -0.709. The Morgan fingerprint density at radius 2 is 2.21 bits per heavy atom. The highest BCUT2D eigenvalue weighted by Crippen LogP contribution is 2.18. The van der Waals surface area contributed by atoms with E-state index in [0.717, 1.165) is 4.90 Å². The van der Waals surface area contributed by atoms with Crippen molar-refractivity contribution in [2.45, 2.75) is 32.7 Å². The lowest BCUT2D eigenvalue weighted by atomic mass is 10.1. The van der Waals surface area contributed by atoms with Crippen molar-refractivity contribution in [3.05, 3.63) is 53.7 Å². The predicted molar refractivity (Wildman–Crippen MR) is 93.2 cm³/mol. The van der Waals surface area contributed by atoms with Crippen molar-refractivity contribution in [1.82, 2.24) is 10.2 Å². The summed E-state index contributed by atoms with van der Waals surface area (Å²) in [4.78, 5) is 29.4. The fraction of sp³-hybridized carbons (Fsp3) is 0.333. The van der Waals surface area contributed by atoms with Gasteiger partial charge in [0, 0.05) is 19.3 Å². The van der Waals surface area contributed by atoms with Crippen LogP contribution in [0.5, 0.6) is 0 Å². The first-order valence-electron chi connectivity index (χ1n) is 7.63. The van der Waals surface area contributed by atoms with Crippen molar-refractivity contribution in [2.75, 3.05) is 7.05 Å². The highest BCUT2D eigenvalue weighted by atomic mass is 19.1. The lowest BCUT2D eigenvalue weighted by Crippen LogP contribution is -2.38. The first-order valence-corrected chi connectivity index (χ1v) is 7.63. The first kappa shape index (κ1) is 19.3. The van der Waals surface area contributed by atoms with Gasteiger partial charge >= 0.3 is 6.03 Å². The summed E-state index contributed by atoms with van der Waals surface area (Å²) in [5.41, 5.74) is 3.38. The van der Waals surface area contributed by atoms with E-state index in [4.69, 9.17) is 0 Å². The van der Waals surface area contributed by atoms with Gasteiger partial charge in [0.2, 0.25) is 0 Å². The smallest absolute Gasteiger partial charge is 0.303 e. The lowest BCUT2D eigenvalue weighted by molar-refractivity contribution is -0.124. The number of allylic oxidation sites excluding steroid dienone is 5. The number of carbonyl (C=O) groups is 2. The molecule has 1 aliphatic heterocycles. The van der Waals surface area contributed by atoms with Crippen LogP contribution in [0.3, 0.4) is 0 Å². The van der Waals surface area contributed by atoms with Gasteiger partial charge in [-0.1, -0.05) is 19.6 Å². The van der Waals surface area contributed by atoms with Crippen LogP contribution in [0.25, 0.3) is 0 Å². The van der Waals surface area contributed by atoms with Gasteiger partial charge in [0.25, 0.3) is 5.91 Å². The van der Waals surface area contributed by atoms with Crippen molar-refractivity contribution >= 4 is 18.2 Å². The number of nitrogens with zero attached hydrogens (tertiary/aromatic N) is 2. The minimum atomic E-state index is -0.518. The van der Waals surface area contributed by atoms with Crippen molar-refractivity contribution < 1.29 is 14.0 Å². The van der Waals surface area contributed by atoms with E-state index in [0.29, 0.717) is 12.0 Å². The summed E-state index contributed by atoms with van der Waals surface area (Å²) >= 11 is 0. The van der Waals surface area contributed by atoms with Gasteiger partial charge in [0.05, 0.1) is 5.83 Å². The van der Waals surface area contributed by atoms with Crippen LogP contribution in [0.2, 0.25) is 0 Å². The van der Waals surface area contributed by atoms with Crippen LogP contribution in [-0.4, -0.2) is 36.1 Å². The van der Waals surface area contributed by atoms with Gasteiger partial charge in [-0.2, -0.15) is 0 Å². The molecule has 1 rings (SSSR count). The Morgan fingerprint density at radius 3 is 2.79 bits per heavy atom. The van der Waals surface area contributed by atoms with Crippen LogP contribution in [0.1, 0.15) is 26.7 Å². The van der Waals surface area contributed by atoms with Crippen LogP contribution in [0.15, 0.2) is 58.7 Å². The standard InChI is InChI=1S/C18H22FN3O2/c1-5-7-14(10-11-20-4)12-16-17(23)22(18(24)21-16)13(3)8-9-15(19)6-2/h7,9-13H,1,6,8H2,2-4H3,(H,21,24). The third kappa shape index (κ3) is 5.18. The second-order valence-electron chi connectivity index (χ2n) is 5.17. The number of nitrogens with one attached hydrogen (secondary N) is 1. The first-order chi connectivity index (χ1) is 11.4. The highest BCUT2D eigenvalue weighted by molar-refractivity contribution is 6.12. The maximum Gasteiger partial charge on any atom is 0.329 e. The number of aliphatic imine (C=N–C) groups is 1. The normalized spacial score (nSPS) is 19.0. The molecule has 0 saturated carbocycles. The van der Waals surface area contributed by atoms with Gasteiger partial charge in [-0.05, 0) is 43.6 Å². The molecular formula is C18H22FN3O2. The van der Waals surface area contributed by atoms with Crippen molar-refractivity contribution in [3.8, 4) is 0 Å². The Labute approximate surface area is 141 Å². The van der Waals surface area contributed by atoms with Crippen molar-refractivity contribution in [3.63, 3.8) is 0 Å². The van der Waals surface area contributed by atoms with Crippen LogP contribution < -0.4 is 5.32 Å². The summed E-state index contributed by atoms with van der Waals surface area (Å²) in [6.45, 7) is 6.89. The molecule has 1 fully saturated rings. The molecular weight excluding hydrogens is 309 g/mol. The molecule has 1 saturated heterocycles. The van der Waals surface area contributed by atoms with Gasteiger partial charge in [-0.25, -0.2) is 9.18 Å². The second kappa shape index (κ2) is 9.43. The van der Waals surface area contributed by atoms with E-state index in [1.807, 2.05) is 0 Å². The topological polar surface area (TPSA) is 61.8 Å². The van der Waals surface area contributed by atoms with E-state index < -0.39 is 18.0 Å².